The molecule has 0 aliphatic rings. The van der Waals surface area contributed by atoms with Gasteiger partial charge in [0.2, 0.25) is 0 Å². The highest BCUT2D eigenvalue weighted by atomic mass is 35.5. The molecule has 0 saturated carbocycles. The smallest absolute Gasteiger partial charge is 0.267 e. The Bertz CT molecular complexity index is 244. The molecule has 1 rings (SSSR count). The summed E-state index contributed by atoms with van der Waals surface area (Å²) in [5.41, 5.74) is 10.2. The van der Waals surface area contributed by atoms with Crippen LogP contribution in [0.3, 0.4) is 0 Å². The Hall–Kier alpha value is -0.780. The van der Waals surface area contributed by atoms with Crippen molar-refractivity contribution < 1.29 is 4.79 Å². The van der Waals surface area contributed by atoms with E-state index in [-0.39, 0.29) is 12.4 Å². The SMILES string of the molecule is Cl.NC(=O)c1ccccn1.NCCS. The van der Waals surface area contributed by atoms with Crippen molar-refractivity contribution in [3.63, 3.8) is 0 Å². The van der Waals surface area contributed by atoms with Gasteiger partial charge in [-0.2, -0.15) is 12.6 Å². The van der Waals surface area contributed by atoms with E-state index < -0.39 is 5.91 Å². The normalized spacial score (nSPS) is 7.86. The van der Waals surface area contributed by atoms with E-state index >= 15 is 0 Å². The van der Waals surface area contributed by atoms with E-state index in [0.717, 1.165) is 5.75 Å². The van der Waals surface area contributed by atoms with Crippen molar-refractivity contribution in [1.29, 1.82) is 0 Å². The van der Waals surface area contributed by atoms with Gasteiger partial charge in [0, 0.05) is 18.5 Å². The molecule has 0 radical (unpaired) electrons. The molecule has 1 heterocycles. The predicted octanol–water partition coefficient (Wildman–Crippen LogP) is 0.477. The maximum absolute atomic E-state index is 10.4. The van der Waals surface area contributed by atoms with Crippen LogP contribution in [0.15, 0.2) is 24.4 Å². The fourth-order valence-electron chi connectivity index (χ4n) is 0.509. The number of hydrogen-bond donors (Lipinski definition) is 3. The minimum absolute atomic E-state index is 0. The molecule has 0 bridgehead atoms. The number of carbonyl (C=O) groups excluding carboxylic acids is 1. The van der Waals surface area contributed by atoms with Crippen molar-refractivity contribution in [2.45, 2.75) is 0 Å². The van der Waals surface area contributed by atoms with Crippen LogP contribution in [0.1, 0.15) is 10.5 Å². The van der Waals surface area contributed by atoms with Crippen molar-refractivity contribution in [3.05, 3.63) is 30.1 Å². The number of pyridine rings is 1. The van der Waals surface area contributed by atoms with Crippen LogP contribution in [0.5, 0.6) is 0 Å². The Balaban J connectivity index is 0. The van der Waals surface area contributed by atoms with E-state index in [2.05, 4.69) is 17.6 Å². The predicted molar refractivity (Wildman–Crippen MR) is 62.9 cm³/mol. The van der Waals surface area contributed by atoms with Crippen molar-refractivity contribution in [2.75, 3.05) is 12.3 Å². The summed E-state index contributed by atoms with van der Waals surface area (Å²) in [5, 5.41) is 0. The lowest BCUT2D eigenvalue weighted by atomic mass is 10.3. The summed E-state index contributed by atoms with van der Waals surface area (Å²) >= 11 is 3.80. The number of amides is 1. The van der Waals surface area contributed by atoms with Gasteiger partial charge in [-0.15, -0.1) is 12.4 Å². The third-order valence-corrected chi connectivity index (χ3v) is 1.30. The summed E-state index contributed by atoms with van der Waals surface area (Å²) in [4.78, 5) is 14.1. The van der Waals surface area contributed by atoms with Crippen molar-refractivity contribution in [2.24, 2.45) is 11.5 Å². The standard InChI is InChI=1S/C6H6N2O.C2H7NS.ClH/c7-6(9)5-3-1-2-4-8-5;3-1-2-4;/h1-4H,(H2,7,9);4H,1-3H2;1H. The highest BCUT2D eigenvalue weighted by Crippen LogP contribution is 1.88. The molecule has 0 fully saturated rings. The molecule has 0 saturated heterocycles. The lowest BCUT2D eigenvalue weighted by Gasteiger charge is -1.88. The third kappa shape index (κ3) is 7.85. The van der Waals surface area contributed by atoms with Gasteiger partial charge in [-0.3, -0.25) is 9.78 Å². The van der Waals surface area contributed by atoms with Gasteiger partial charge in [-0.1, -0.05) is 6.07 Å². The molecule has 1 aromatic heterocycles. The summed E-state index contributed by atoms with van der Waals surface area (Å²) < 4.78 is 0. The molecule has 1 amide bonds. The Morgan fingerprint density at radius 2 is 2.07 bits per heavy atom. The van der Waals surface area contributed by atoms with E-state index in [0.29, 0.717) is 12.2 Å². The first kappa shape index (κ1) is 15.7. The number of rotatable bonds is 2. The van der Waals surface area contributed by atoms with Crippen molar-refractivity contribution in [1.82, 2.24) is 4.98 Å². The summed E-state index contributed by atoms with van der Waals surface area (Å²) in [6, 6.07) is 5.02. The summed E-state index contributed by atoms with van der Waals surface area (Å²) in [6.07, 6.45) is 1.53. The van der Waals surface area contributed by atoms with Crippen LogP contribution in [0.4, 0.5) is 0 Å². The van der Waals surface area contributed by atoms with Gasteiger partial charge in [0.1, 0.15) is 5.69 Å². The number of thiol groups is 1. The minimum Gasteiger partial charge on any atom is -0.364 e. The van der Waals surface area contributed by atoms with Crippen LogP contribution in [-0.4, -0.2) is 23.2 Å². The number of nitrogens with two attached hydrogens (primary N) is 2. The van der Waals surface area contributed by atoms with Gasteiger partial charge in [0.25, 0.3) is 5.91 Å². The lowest BCUT2D eigenvalue weighted by molar-refractivity contribution is 0.0995. The summed E-state index contributed by atoms with van der Waals surface area (Å²) in [6.45, 7) is 0.684. The van der Waals surface area contributed by atoms with E-state index in [4.69, 9.17) is 11.5 Å². The second kappa shape index (κ2) is 10.3. The molecule has 0 atom stereocenters. The fourth-order valence-corrected chi connectivity index (χ4v) is 0.509. The van der Waals surface area contributed by atoms with Gasteiger partial charge in [0.05, 0.1) is 0 Å². The first-order chi connectivity index (χ1) is 6.22. The number of aromatic nitrogens is 1. The maximum Gasteiger partial charge on any atom is 0.267 e. The molecule has 0 aliphatic heterocycles. The Morgan fingerprint density at radius 1 is 1.50 bits per heavy atom. The second-order valence-electron chi connectivity index (χ2n) is 2.09. The molecule has 14 heavy (non-hydrogen) atoms. The fraction of sp³-hybridized carbons (Fsp3) is 0.250. The zero-order valence-electron chi connectivity index (χ0n) is 7.59. The zero-order chi connectivity index (χ0) is 10.1. The molecular formula is C8H14ClN3OS. The lowest BCUT2D eigenvalue weighted by Crippen LogP contribution is -2.12. The summed E-state index contributed by atoms with van der Waals surface area (Å²) in [5.74, 6) is 0.301. The van der Waals surface area contributed by atoms with Gasteiger partial charge in [0.15, 0.2) is 0 Å². The molecule has 1 aromatic rings. The largest absolute Gasteiger partial charge is 0.364 e. The van der Waals surface area contributed by atoms with E-state index in [1.165, 1.54) is 6.20 Å². The second-order valence-corrected chi connectivity index (χ2v) is 2.54. The molecule has 4 N–H and O–H groups in total. The van der Waals surface area contributed by atoms with Gasteiger partial charge < -0.3 is 11.5 Å². The molecule has 6 heteroatoms. The van der Waals surface area contributed by atoms with Crippen LogP contribution < -0.4 is 11.5 Å². The first-order valence-corrected chi connectivity index (χ1v) is 4.37. The number of halogens is 1. The Kier molecular flexibility index (Phi) is 11.5. The average molecular weight is 236 g/mol. The Morgan fingerprint density at radius 3 is 2.29 bits per heavy atom. The van der Waals surface area contributed by atoms with Gasteiger partial charge in [-0.05, 0) is 12.1 Å². The molecule has 0 spiro atoms. The number of nitrogens with zero attached hydrogens (tertiary/aromatic N) is 1. The van der Waals surface area contributed by atoms with Crippen molar-refractivity contribution >= 4 is 30.9 Å². The van der Waals surface area contributed by atoms with Crippen LogP contribution in [0.2, 0.25) is 0 Å². The van der Waals surface area contributed by atoms with Crippen LogP contribution in [0, 0.1) is 0 Å². The number of primary amides is 1. The van der Waals surface area contributed by atoms with Crippen LogP contribution >= 0.6 is 25.0 Å². The Labute approximate surface area is 94.9 Å². The van der Waals surface area contributed by atoms with Gasteiger partial charge in [-0.25, -0.2) is 0 Å². The molecule has 0 unspecified atom stereocenters. The first-order valence-electron chi connectivity index (χ1n) is 3.74. The number of carbonyl (C=O) groups is 1. The minimum atomic E-state index is -0.490. The van der Waals surface area contributed by atoms with Crippen LogP contribution in [-0.2, 0) is 0 Å². The molecule has 0 aliphatic carbocycles. The molecular weight excluding hydrogens is 222 g/mol. The topological polar surface area (TPSA) is 82.0 Å². The zero-order valence-corrected chi connectivity index (χ0v) is 9.30. The molecule has 4 nitrogen and oxygen atoms in total. The van der Waals surface area contributed by atoms with Crippen LogP contribution in [0.25, 0.3) is 0 Å². The quantitative estimate of drug-likeness (QED) is 0.652. The van der Waals surface area contributed by atoms with E-state index in [1.807, 2.05) is 0 Å². The third-order valence-electron chi connectivity index (χ3n) is 1.05. The van der Waals surface area contributed by atoms with Gasteiger partial charge >= 0.3 is 0 Å². The highest BCUT2D eigenvalue weighted by molar-refractivity contribution is 7.80. The molecule has 80 valence electrons. The number of hydrogen-bond acceptors (Lipinski definition) is 4. The van der Waals surface area contributed by atoms with Crippen molar-refractivity contribution in [3.8, 4) is 0 Å². The monoisotopic (exact) mass is 235 g/mol. The molecule has 0 aromatic carbocycles. The average Bonchev–Trinajstić information content (AvgIpc) is 2.19. The van der Waals surface area contributed by atoms with E-state index in [1.54, 1.807) is 18.2 Å². The van der Waals surface area contributed by atoms with E-state index in [9.17, 15) is 4.79 Å². The maximum atomic E-state index is 10.4. The highest BCUT2D eigenvalue weighted by Gasteiger charge is 1.95. The summed E-state index contributed by atoms with van der Waals surface area (Å²) in [7, 11) is 0.